The van der Waals surface area contributed by atoms with E-state index in [1.807, 2.05) is 19.9 Å². The lowest BCUT2D eigenvalue weighted by Crippen LogP contribution is -2.39. The number of rotatable bonds is 4. The van der Waals surface area contributed by atoms with Gasteiger partial charge in [0.1, 0.15) is 5.76 Å². The maximum Gasteiger partial charge on any atom is 0.287 e. The Morgan fingerprint density at radius 1 is 1.56 bits per heavy atom. The summed E-state index contributed by atoms with van der Waals surface area (Å²) in [7, 11) is 0. The van der Waals surface area contributed by atoms with E-state index in [9.17, 15) is 4.79 Å². The molecule has 1 heterocycles. The van der Waals surface area contributed by atoms with Crippen LogP contribution in [-0.4, -0.2) is 18.5 Å². The van der Waals surface area contributed by atoms with Crippen LogP contribution >= 0.6 is 0 Å². The number of amides is 1. The van der Waals surface area contributed by atoms with Gasteiger partial charge in [0.05, 0.1) is 0 Å². The Bertz CT molecular complexity index is 425. The number of nitrogens with one attached hydrogen (secondary N) is 1. The lowest BCUT2D eigenvalue weighted by molar-refractivity contribution is 0.0899. The maximum absolute atomic E-state index is 12.1. The highest BCUT2D eigenvalue weighted by molar-refractivity contribution is 5.92. The number of hydrogen-bond donors (Lipinski definition) is 2. The molecule has 100 valence electrons. The Morgan fingerprint density at radius 2 is 2.33 bits per heavy atom. The van der Waals surface area contributed by atoms with E-state index in [4.69, 9.17) is 10.2 Å². The minimum atomic E-state index is -0.108. The summed E-state index contributed by atoms with van der Waals surface area (Å²) in [6.45, 7) is 4.63. The summed E-state index contributed by atoms with van der Waals surface area (Å²) in [6, 6.07) is 2.03. The maximum atomic E-state index is 12.1. The zero-order valence-corrected chi connectivity index (χ0v) is 11.2. The molecule has 0 bridgehead atoms. The first-order valence-electron chi connectivity index (χ1n) is 6.76. The van der Waals surface area contributed by atoms with E-state index < -0.39 is 0 Å². The van der Waals surface area contributed by atoms with E-state index in [1.165, 1.54) is 0 Å². The molecule has 0 radical (unpaired) electrons. The second-order valence-corrected chi connectivity index (χ2v) is 5.08. The molecular formula is C14H22N2O2. The van der Waals surface area contributed by atoms with Crippen molar-refractivity contribution in [3.8, 4) is 0 Å². The molecular weight excluding hydrogens is 228 g/mol. The monoisotopic (exact) mass is 250 g/mol. The van der Waals surface area contributed by atoms with Gasteiger partial charge in [-0.3, -0.25) is 4.79 Å². The van der Waals surface area contributed by atoms with Gasteiger partial charge in [0.2, 0.25) is 0 Å². The van der Waals surface area contributed by atoms with Gasteiger partial charge < -0.3 is 15.5 Å². The third kappa shape index (κ3) is 2.58. The van der Waals surface area contributed by atoms with Crippen molar-refractivity contribution in [1.82, 2.24) is 5.32 Å². The van der Waals surface area contributed by atoms with Crippen molar-refractivity contribution in [2.75, 3.05) is 6.54 Å². The summed E-state index contributed by atoms with van der Waals surface area (Å²) in [5.41, 5.74) is 6.76. The number of hydrogen-bond acceptors (Lipinski definition) is 3. The lowest BCUT2D eigenvalue weighted by atomic mass is 10.0. The fraction of sp³-hybridized carbons (Fsp3) is 0.643. The average molecular weight is 250 g/mol. The first-order valence-corrected chi connectivity index (χ1v) is 6.76. The highest BCUT2D eigenvalue weighted by atomic mass is 16.4. The average Bonchev–Trinajstić information content (AvgIpc) is 2.95. The molecule has 4 heteroatoms. The summed E-state index contributed by atoms with van der Waals surface area (Å²) in [5.74, 6) is 1.62. The zero-order valence-electron chi connectivity index (χ0n) is 11.2. The van der Waals surface area contributed by atoms with Crippen molar-refractivity contribution in [3.05, 3.63) is 23.2 Å². The molecule has 1 aromatic heterocycles. The smallest absolute Gasteiger partial charge is 0.287 e. The van der Waals surface area contributed by atoms with Crippen LogP contribution < -0.4 is 11.1 Å². The van der Waals surface area contributed by atoms with Crippen molar-refractivity contribution in [1.29, 1.82) is 0 Å². The van der Waals surface area contributed by atoms with Crippen molar-refractivity contribution in [3.63, 3.8) is 0 Å². The summed E-state index contributed by atoms with van der Waals surface area (Å²) in [6.07, 6.45) is 4.09. The van der Waals surface area contributed by atoms with E-state index in [0.29, 0.717) is 18.2 Å². The SMILES string of the molecule is CCc1oc(C(=O)NC2CCCC2CN)cc1C. The predicted octanol–water partition coefficient (Wildman–Crippen LogP) is 2.01. The number of carbonyl (C=O) groups is 1. The fourth-order valence-corrected chi connectivity index (χ4v) is 2.73. The van der Waals surface area contributed by atoms with Gasteiger partial charge in [-0.25, -0.2) is 0 Å². The molecule has 3 N–H and O–H groups in total. The molecule has 1 saturated carbocycles. The second-order valence-electron chi connectivity index (χ2n) is 5.08. The van der Waals surface area contributed by atoms with Gasteiger partial charge in [0, 0.05) is 12.5 Å². The molecule has 1 aliphatic carbocycles. The fourth-order valence-electron chi connectivity index (χ4n) is 2.73. The largest absolute Gasteiger partial charge is 0.456 e. The van der Waals surface area contributed by atoms with Gasteiger partial charge >= 0.3 is 0 Å². The number of aryl methyl sites for hydroxylation is 2. The standard InChI is InChI=1S/C14H22N2O2/c1-3-12-9(2)7-13(18-12)14(17)16-11-6-4-5-10(11)8-15/h7,10-11H,3-6,8,15H2,1-2H3,(H,16,17). The molecule has 2 atom stereocenters. The van der Waals surface area contributed by atoms with E-state index in [1.54, 1.807) is 0 Å². The first kappa shape index (κ1) is 13.1. The van der Waals surface area contributed by atoms with Crippen LogP contribution in [0.1, 0.15) is 48.1 Å². The van der Waals surface area contributed by atoms with E-state index in [-0.39, 0.29) is 11.9 Å². The molecule has 0 aliphatic heterocycles. The Labute approximate surface area is 108 Å². The second kappa shape index (κ2) is 5.57. The minimum Gasteiger partial charge on any atom is -0.456 e. The van der Waals surface area contributed by atoms with E-state index >= 15 is 0 Å². The highest BCUT2D eigenvalue weighted by Gasteiger charge is 2.28. The zero-order chi connectivity index (χ0) is 13.1. The molecule has 2 rings (SSSR count). The topological polar surface area (TPSA) is 68.3 Å². The molecule has 4 nitrogen and oxygen atoms in total. The van der Waals surface area contributed by atoms with Gasteiger partial charge in [-0.1, -0.05) is 13.3 Å². The van der Waals surface area contributed by atoms with Crippen LogP contribution in [0.4, 0.5) is 0 Å². The van der Waals surface area contributed by atoms with Gasteiger partial charge in [-0.2, -0.15) is 0 Å². The third-order valence-corrected chi connectivity index (χ3v) is 3.84. The molecule has 0 aromatic carbocycles. The summed E-state index contributed by atoms with van der Waals surface area (Å²) >= 11 is 0. The van der Waals surface area contributed by atoms with E-state index in [0.717, 1.165) is 37.0 Å². The molecule has 1 aromatic rings. The summed E-state index contributed by atoms with van der Waals surface area (Å²) in [5, 5.41) is 3.05. The molecule has 0 spiro atoms. The minimum absolute atomic E-state index is 0.108. The molecule has 1 aliphatic rings. The molecule has 0 saturated heterocycles. The van der Waals surface area contributed by atoms with E-state index in [2.05, 4.69) is 5.32 Å². The van der Waals surface area contributed by atoms with Crippen LogP contribution in [0.15, 0.2) is 10.5 Å². The quantitative estimate of drug-likeness (QED) is 0.859. The predicted molar refractivity (Wildman–Crippen MR) is 70.5 cm³/mol. The molecule has 18 heavy (non-hydrogen) atoms. The Hall–Kier alpha value is -1.29. The number of carbonyl (C=O) groups excluding carboxylic acids is 1. The van der Waals surface area contributed by atoms with Gasteiger partial charge in [0.25, 0.3) is 5.91 Å². The van der Waals surface area contributed by atoms with Gasteiger partial charge in [0.15, 0.2) is 5.76 Å². The summed E-state index contributed by atoms with van der Waals surface area (Å²) in [4.78, 5) is 12.1. The Kier molecular flexibility index (Phi) is 4.07. The van der Waals surface area contributed by atoms with Gasteiger partial charge in [-0.05, 0) is 43.9 Å². The van der Waals surface area contributed by atoms with Crippen LogP contribution in [0.5, 0.6) is 0 Å². The lowest BCUT2D eigenvalue weighted by Gasteiger charge is -2.18. The van der Waals surface area contributed by atoms with Crippen molar-refractivity contribution >= 4 is 5.91 Å². The van der Waals surface area contributed by atoms with Crippen molar-refractivity contribution in [2.45, 2.75) is 45.6 Å². The van der Waals surface area contributed by atoms with Crippen LogP contribution in [0.3, 0.4) is 0 Å². The third-order valence-electron chi connectivity index (χ3n) is 3.84. The molecule has 2 unspecified atom stereocenters. The molecule has 1 fully saturated rings. The van der Waals surface area contributed by atoms with Gasteiger partial charge in [-0.15, -0.1) is 0 Å². The van der Waals surface area contributed by atoms with Crippen LogP contribution in [0, 0.1) is 12.8 Å². The van der Waals surface area contributed by atoms with Crippen LogP contribution in [0.2, 0.25) is 0 Å². The Balaban J connectivity index is 2.02. The highest BCUT2D eigenvalue weighted by Crippen LogP contribution is 2.25. The first-order chi connectivity index (χ1) is 8.65. The van der Waals surface area contributed by atoms with Crippen molar-refractivity contribution in [2.24, 2.45) is 11.7 Å². The molecule has 1 amide bonds. The van der Waals surface area contributed by atoms with Crippen molar-refractivity contribution < 1.29 is 9.21 Å². The van der Waals surface area contributed by atoms with Crippen LogP contribution in [0.25, 0.3) is 0 Å². The Morgan fingerprint density at radius 3 is 2.94 bits per heavy atom. The normalized spacial score (nSPS) is 23.3. The summed E-state index contributed by atoms with van der Waals surface area (Å²) < 4.78 is 5.56. The number of furan rings is 1. The van der Waals surface area contributed by atoms with Crippen LogP contribution in [-0.2, 0) is 6.42 Å². The number of nitrogens with two attached hydrogens (primary N) is 1.